The van der Waals surface area contributed by atoms with Crippen LogP contribution in [-0.2, 0) is 4.79 Å². The number of likely N-dealkylation sites (N-methyl/N-ethyl adjacent to an activating group) is 1. The molecule has 1 unspecified atom stereocenters. The topological polar surface area (TPSA) is 85.2 Å². The highest BCUT2D eigenvalue weighted by Crippen LogP contribution is 2.22. The molecular weight excluding hydrogens is 261 g/mol. The molecule has 0 fully saturated rings. The van der Waals surface area contributed by atoms with Gasteiger partial charge in [-0.2, -0.15) is 5.48 Å². The van der Waals surface area contributed by atoms with Gasteiger partial charge < -0.3 is 15.9 Å². The Morgan fingerprint density at radius 2 is 2.17 bits per heavy atom. The van der Waals surface area contributed by atoms with Gasteiger partial charge in [-0.05, 0) is 25.1 Å². The molecule has 0 aromatic heterocycles. The Morgan fingerprint density at radius 1 is 1.56 bits per heavy atom. The summed E-state index contributed by atoms with van der Waals surface area (Å²) in [6.07, 6.45) is 0. The highest BCUT2D eigenvalue weighted by Gasteiger charge is 2.38. The zero-order valence-electron chi connectivity index (χ0n) is 9.84. The van der Waals surface area contributed by atoms with Crippen LogP contribution < -0.4 is 10.8 Å². The second kappa shape index (κ2) is 5.43. The van der Waals surface area contributed by atoms with Crippen LogP contribution in [0, 0.1) is 11.2 Å². The number of halogens is 2. The van der Waals surface area contributed by atoms with E-state index in [2.05, 4.69) is 5.32 Å². The van der Waals surface area contributed by atoms with Crippen molar-refractivity contribution in [1.82, 2.24) is 10.8 Å². The van der Waals surface area contributed by atoms with Gasteiger partial charge in [0.1, 0.15) is 5.82 Å². The van der Waals surface area contributed by atoms with Crippen LogP contribution >= 0.6 is 11.6 Å². The minimum atomic E-state index is -1.67. The molecule has 98 valence electrons. The molecule has 0 aliphatic carbocycles. The van der Waals surface area contributed by atoms with Crippen molar-refractivity contribution in [2.24, 2.45) is 0 Å². The van der Waals surface area contributed by atoms with Gasteiger partial charge in [-0.15, -0.1) is 0 Å². The van der Waals surface area contributed by atoms with Gasteiger partial charge in [0.2, 0.25) is 5.91 Å². The van der Waals surface area contributed by atoms with Gasteiger partial charge in [-0.25, -0.2) is 4.39 Å². The molecule has 1 aromatic rings. The number of hydrogen-bond donors (Lipinski definition) is 4. The van der Waals surface area contributed by atoms with Crippen molar-refractivity contribution >= 4 is 23.2 Å². The largest absolute Gasteiger partial charge is 0.357 e. The van der Waals surface area contributed by atoms with E-state index in [1.54, 1.807) is 5.48 Å². The zero-order valence-corrected chi connectivity index (χ0v) is 10.6. The molecule has 18 heavy (non-hydrogen) atoms. The lowest BCUT2D eigenvalue weighted by atomic mass is 9.90. The van der Waals surface area contributed by atoms with E-state index >= 15 is 0 Å². The molecule has 4 N–H and O–H groups in total. The monoisotopic (exact) mass is 273 g/mol. The van der Waals surface area contributed by atoms with E-state index in [1.807, 2.05) is 0 Å². The predicted octanol–water partition coefficient (Wildman–Crippen LogP) is 1.33. The van der Waals surface area contributed by atoms with Crippen LogP contribution in [0.25, 0.3) is 0 Å². The summed E-state index contributed by atoms with van der Waals surface area (Å²) in [5.74, 6) is -1.16. The highest BCUT2D eigenvalue weighted by atomic mass is 35.5. The molecule has 1 rings (SSSR count). The van der Waals surface area contributed by atoms with Crippen LogP contribution in [0.5, 0.6) is 0 Å². The van der Waals surface area contributed by atoms with Crippen molar-refractivity contribution in [2.75, 3.05) is 7.05 Å². The Balaban J connectivity index is 3.23. The van der Waals surface area contributed by atoms with Crippen LogP contribution in [0.4, 0.5) is 4.39 Å². The first-order valence-electron chi connectivity index (χ1n) is 5.04. The summed E-state index contributed by atoms with van der Waals surface area (Å²) in [7, 11) is 1.37. The van der Waals surface area contributed by atoms with Gasteiger partial charge in [0, 0.05) is 12.6 Å². The quantitative estimate of drug-likeness (QED) is 0.493. The van der Waals surface area contributed by atoms with Gasteiger partial charge in [0.05, 0.1) is 10.7 Å². The molecule has 0 radical (unpaired) electrons. The molecule has 5 nitrogen and oxygen atoms in total. The number of benzene rings is 1. The Labute approximate surface area is 108 Å². The number of hydrogen-bond acceptors (Lipinski definition) is 4. The smallest absolute Gasteiger partial charge is 0.248 e. The molecule has 0 saturated heterocycles. The van der Waals surface area contributed by atoms with Crippen LogP contribution in [0.15, 0.2) is 18.2 Å². The van der Waals surface area contributed by atoms with Gasteiger partial charge in [-0.1, -0.05) is 11.6 Å². The van der Waals surface area contributed by atoms with Crippen LogP contribution in [0.3, 0.4) is 0 Å². The van der Waals surface area contributed by atoms with E-state index in [9.17, 15) is 9.18 Å². The van der Waals surface area contributed by atoms with Crippen molar-refractivity contribution in [3.8, 4) is 0 Å². The minimum absolute atomic E-state index is 0.00891. The van der Waals surface area contributed by atoms with Gasteiger partial charge in [-0.3, -0.25) is 4.79 Å². The van der Waals surface area contributed by atoms with Crippen molar-refractivity contribution in [3.05, 3.63) is 34.6 Å². The Bertz CT molecular complexity index is 495. The number of carbonyl (C=O) groups excluding carboxylic acids is 1. The third-order valence-corrected chi connectivity index (χ3v) is 2.92. The summed E-state index contributed by atoms with van der Waals surface area (Å²) in [6.45, 7) is 1.31. The van der Waals surface area contributed by atoms with E-state index in [0.717, 1.165) is 12.1 Å². The number of rotatable bonds is 4. The minimum Gasteiger partial charge on any atom is -0.357 e. The number of hydroxylamine groups is 1. The number of carbonyl (C=O) groups is 1. The fourth-order valence-electron chi connectivity index (χ4n) is 1.43. The fourth-order valence-corrected chi connectivity index (χ4v) is 1.69. The molecule has 0 bridgehead atoms. The molecule has 1 atom stereocenters. The number of amides is 1. The van der Waals surface area contributed by atoms with Crippen LogP contribution in [-0.4, -0.2) is 29.4 Å². The maximum absolute atomic E-state index is 12.9. The van der Waals surface area contributed by atoms with E-state index in [1.165, 1.54) is 20.0 Å². The van der Waals surface area contributed by atoms with E-state index in [0.29, 0.717) is 0 Å². The average molecular weight is 274 g/mol. The lowest BCUT2D eigenvalue weighted by molar-refractivity contribution is -0.127. The van der Waals surface area contributed by atoms with Gasteiger partial charge in [0.25, 0.3) is 0 Å². The van der Waals surface area contributed by atoms with Crippen LogP contribution in [0.2, 0.25) is 5.02 Å². The van der Waals surface area contributed by atoms with Gasteiger partial charge in [0.15, 0.2) is 5.54 Å². The maximum Gasteiger partial charge on any atom is 0.248 e. The Morgan fingerprint density at radius 3 is 2.61 bits per heavy atom. The second-order valence-corrected chi connectivity index (χ2v) is 4.22. The lowest BCUT2D eigenvalue weighted by Crippen LogP contribution is -2.58. The second-order valence-electron chi connectivity index (χ2n) is 3.82. The van der Waals surface area contributed by atoms with E-state index in [-0.39, 0.29) is 16.3 Å². The molecule has 0 aliphatic heterocycles. The van der Waals surface area contributed by atoms with E-state index in [4.69, 9.17) is 22.2 Å². The highest BCUT2D eigenvalue weighted by molar-refractivity contribution is 6.35. The summed E-state index contributed by atoms with van der Waals surface area (Å²) in [5, 5.41) is 19.3. The third kappa shape index (κ3) is 2.50. The van der Waals surface area contributed by atoms with Crippen molar-refractivity contribution in [3.63, 3.8) is 0 Å². The SMILES string of the molecule is CNC(=O)C(C)(NO)C(=N)c1ccc(F)cc1Cl. The van der Waals surface area contributed by atoms with Crippen molar-refractivity contribution in [2.45, 2.75) is 12.5 Å². The van der Waals surface area contributed by atoms with Crippen LogP contribution in [0.1, 0.15) is 12.5 Å². The summed E-state index contributed by atoms with van der Waals surface area (Å²) >= 11 is 5.81. The molecule has 0 spiro atoms. The summed E-state index contributed by atoms with van der Waals surface area (Å²) < 4.78 is 12.9. The molecule has 1 amide bonds. The Kier molecular flexibility index (Phi) is 4.39. The maximum atomic E-state index is 12.9. The average Bonchev–Trinajstić information content (AvgIpc) is 2.36. The van der Waals surface area contributed by atoms with Crippen molar-refractivity contribution in [1.29, 1.82) is 5.41 Å². The molecule has 1 aromatic carbocycles. The van der Waals surface area contributed by atoms with Crippen molar-refractivity contribution < 1.29 is 14.4 Å². The lowest BCUT2D eigenvalue weighted by Gasteiger charge is -2.27. The fraction of sp³-hybridized carbons (Fsp3) is 0.273. The molecule has 0 aliphatic rings. The van der Waals surface area contributed by atoms with Gasteiger partial charge >= 0.3 is 0 Å². The first kappa shape index (κ1) is 14.6. The summed E-state index contributed by atoms with van der Waals surface area (Å²) in [5.41, 5.74) is -0.00122. The van der Waals surface area contributed by atoms with E-state index < -0.39 is 17.3 Å². The zero-order chi connectivity index (χ0) is 13.9. The first-order chi connectivity index (χ1) is 8.36. The Hall–Kier alpha value is -1.50. The first-order valence-corrected chi connectivity index (χ1v) is 5.42. The summed E-state index contributed by atoms with van der Waals surface area (Å²) in [6, 6.07) is 3.43. The predicted molar refractivity (Wildman–Crippen MR) is 65.6 cm³/mol. The molecule has 0 saturated carbocycles. The standard InChI is InChI=1S/C11H13ClFN3O2/c1-11(16-18,10(17)15-2)9(14)7-4-3-6(13)5-8(7)12/h3-5,14,16,18H,1-2H3,(H,15,17). The molecule has 0 heterocycles. The normalized spacial score (nSPS) is 13.8. The number of nitrogens with one attached hydrogen (secondary N) is 3. The third-order valence-electron chi connectivity index (χ3n) is 2.61. The molecular formula is C11H13ClFN3O2. The summed E-state index contributed by atoms with van der Waals surface area (Å²) in [4.78, 5) is 11.7. The molecule has 7 heteroatoms.